The number of benzene rings is 2. The number of pyridine rings is 1. The lowest BCUT2D eigenvalue weighted by Crippen LogP contribution is -2.33. The van der Waals surface area contributed by atoms with E-state index in [0.717, 1.165) is 11.1 Å². The van der Waals surface area contributed by atoms with Gasteiger partial charge in [0.1, 0.15) is 23.1 Å². The smallest absolute Gasteiger partial charge is 0.259 e. The fourth-order valence-electron chi connectivity index (χ4n) is 3.88. The van der Waals surface area contributed by atoms with Gasteiger partial charge in [-0.25, -0.2) is 0 Å². The molecule has 0 saturated heterocycles. The van der Waals surface area contributed by atoms with Gasteiger partial charge in [-0.2, -0.15) is 5.26 Å². The SMILES string of the molecule is COc1ccccc1Cn1c(C)cc2c(c1=O)[C@@H](c1ccc(Cl)cc1)C(C#N)=C(N)O2. The van der Waals surface area contributed by atoms with Gasteiger partial charge in [0, 0.05) is 22.3 Å². The van der Waals surface area contributed by atoms with E-state index in [-0.39, 0.29) is 17.0 Å². The quantitative estimate of drug-likeness (QED) is 0.669. The average Bonchev–Trinajstić information content (AvgIpc) is 2.76. The Hall–Kier alpha value is -3.69. The lowest BCUT2D eigenvalue weighted by atomic mass is 9.84. The molecule has 2 aromatic carbocycles. The lowest BCUT2D eigenvalue weighted by molar-refractivity contribution is 0.388. The maximum Gasteiger partial charge on any atom is 0.259 e. The molecule has 31 heavy (non-hydrogen) atoms. The number of para-hydroxylation sites is 1. The number of hydrogen-bond donors (Lipinski definition) is 1. The van der Waals surface area contributed by atoms with Crippen molar-refractivity contribution in [2.24, 2.45) is 5.73 Å². The molecule has 1 aromatic heterocycles. The first kappa shape index (κ1) is 20.6. The highest BCUT2D eigenvalue weighted by Crippen LogP contribution is 2.40. The summed E-state index contributed by atoms with van der Waals surface area (Å²) in [5, 5.41) is 10.3. The van der Waals surface area contributed by atoms with Gasteiger partial charge in [0.05, 0.1) is 25.1 Å². The van der Waals surface area contributed by atoms with Crippen molar-refractivity contribution in [3.05, 3.63) is 104 Å². The van der Waals surface area contributed by atoms with Gasteiger partial charge in [-0.05, 0) is 30.7 Å². The van der Waals surface area contributed by atoms with Crippen molar-refractivity contribution in [1.82, 2.24) is 4.57 Å². The first-order valence-corrected chi connectivity index (χ1v) is 10.0. The third-order valence-corrected chi connectivity index (χ3v) is 5.67. The van der Waals surface area contributed by atoms with Crippen LogP contribution in [0.5, 0.6) is 11.5 Å². The van der Waals surface area contributed by atoms with Crippen molar-refractivity contribution < 1.29 is 9.47 Å². The number of nitrogens with two attached hydrogens (primary N) is 1. The Morgan fingerprint density at radius 1 is 1.23 bits per heavy atom. The minimum Gasteiger partial charge on any atom is -0.496 e. The molecular formula is C24H20ClN3O3. The maximum atomic E-state index is 13.7. The zero-order valence-corrected chi connectivity index (χ0v) is 17.8. The summed E-state index contributed by atoms with van der Waals surface area (Å²) in [4.78, 5) is 13.7. The number of ether oxygens (including phenoxy) is 2. The van der Waals surface area contributed by atoms with Crippen LogP contribution in [-0.2, 0) is 6.54 Å². The molecule has 1 aliphatic heterocycles. The summed E-state index contributed by atoms with van der Waals surface area (Å²) < 4.78 is 12.8. The second-order valence-electron chi connectivity index (χ2n) is 7.24. The van der Waals surface area contributed by atoms with Crippen molar-refractivity contribution in [1.29, 1.82) is 5.26 Å². The standard InChI is InChI=1S/C24H20ClN3O3/c1-14-11-20-22(24(29)28(14)13-16-5-3-4-6-19(16)30-2)21(18(12-26)23(27)31-20)15-7-9-17(25)10-8-15/h3-11,21H,13,27H2,1-2H3/t21-/m0/s1. The molecule has 0 aliphatic carbocycles. The fourth-order valence-corrected chi connectivity index (χ4v) is 4.00. The van der Waals surface area contributed by atoms with Crippen LogP contribution in [0.3, 0.4) is 0 Å². The molecule has 0 spiro atoms. The van der Waals surface area contributed by atoms with Crippen LogP contribution in [0.25, 0.3) is 0 Å². The topological polar surface area (TPSA) is 90.3 Å². The van der Waals surface area contributed by atoms with E-state index in [1.165, 1.54) is 0 Å². The molecule has 0 radical (unpaired) electrons. The number of methoxy groups -OCH3 is 1. The van der Waals surface area contributed by atoms with E-state index in [1.807, 2.05) is 31.2 Å². The number of nitriles is 1. The third kappa shape index (κ3) is 3.65. The van der Waals surface area contributed by atoms with E-state index in [0.29, 0.717) is 34.3 Å². The van der Waals surface area contributed by atoms with E-state index in [2.05, 4.69) is 6.07 Å². The van der Waals surface area contributed by atoms with Crippen molar-refractivity contribution >= 4 is 11.6 Å². The van der Waals surface area contributed by atoms with Gasteiger partial charge >= 0.3 is 0 Å². The molecule has 2 N–H and O–H groups in total. The van der Waals surface area contributed by atoms with Crippen molar-refractivity contribution in [3.63, 3.8) is 0 Å². The Kier molecular flexibility index (Phi) is 5.45. The lowest BCUT2D eigenvalue weighted by Gasteiger charge is -2.27. The number of allylic oxidation sites excluding steroid dienone is 1. The number of rotatable bonds is 4. The predicted octanol–water partition coefficient (Wildman–Crippen LogP) is 4.09. The predicted molar refractivity (Wildman–Crippen MR) is 118 cm³/mol. The molecule has 2 heterocycles. The van der Waals surface area contributed by atoms with Gasteiger partial charge in [-0.15, -0.1) is 0 Å². The average molecular weight is 434 g/mol. The number of aryl methyl sites for hydroxylation is 1. The molecule has 156 valence electrons. The first-order chi connectivity index (χ1) is 14.9. The molecule has 1 aliphatic rings. The Morgan fingerprint density at radius 2 is 1.94 bits per heavy atom. The molecule has 0 bridgehead atoms. The van der Waals surface area contributed by atoms with E-state index in [4.69, 9.17) is 26.8 Å². The Labute approximate surface area is 184 Å². The van der Waals surface area contributed by atoms with Gasteiger partial charge in [0.2, 0.25) is 5.88 Å². The molecule has 0 amide bonds. The fraction of sp³-hybridized carbons (Fsp3) is 0.167. The van der Waals surface area contributed by atoms with Crippen molar-refractivity contribution in [2.75, 3.05) is 7.11 Å². The van der Waals surface area contributed by atoms with Crippen LogP contribution in [-0.4, -0.2) is 11.7 Å². The first-order valence-electron chi connectivity index (χ1n) is 9.64. The Balaban J connectivity index is 1.92. The highest BCUT2D eigenvalue weighted by molar-refractivity contribution is 6.30. The van der Waals surface area contributed by atoms with E-state index in [9.17, 15) is 10.1 Å². The molecule has 1 atom stereocenters. The van der Waals surface area contributed by atoms with Crippen LogP contribution >= 0.6 is 11.6 Å². The molecule has 7 heteroatoms. The van der Waals surface area contributed by atoms with Gasteiger partial charge in [-0.1, -0.05) is 41.9 Å². The van der Waals surface area contributed by atoms with Crippen LogP contribution in [0.15, 0.2) is 70.8 Å². The zero-order valence-electron chi connectivity index (χ0n) is 17.1. The van der Waals surface area contributed by atoms with Crippen LogP contribution in [0.4, 0.5) is 0 Å². The third-order valence-electron chi connectivity index (χ3n) is 5.41. The molecular weight excluding hydrogens is 414 g/mol. The summed E-state index contributed by atoms with van der Waals surface area (Å²) in [7, 11) is 1.60. The van der Waals surface area contributed by atoms with Crippen LogP contribution in [0.2, 0.25) is 5.02 Å². The molecule has 0 saturated carbocycles. The van der Waals surface area contributed by atoms with Gasteiger partial charge < -0.3 is 19.8 Å². The summed E-state index contributed by atoms with van der Waals surface area (Å²) in [6.45, 7) is 2.15. The number of aromatic nitrogens is 1. The van der Waals surface area contributed by atoms with Crippen LogP contribution in [0, 0.1) is 18.3 Å². The molecule has 3 aromatic rings. The summed E-state index contributed by atoms with van der Waals surface area (Å²) in [5.74, 6) is 0.397. The van der Waals surface area contributed by atoms with Gasteiger partial charge in [-0.3, -0.25) is 4.79 Å². The van der Waals surface area contributed by atoms with E-state index in [1.54, 1.807) is 42.0 Å². The second-order valence-corrected chi connectivity index (χ2v) is 7.68. The largest absolute Gasteiger partial charge is 0.496 e. The minimum atomic E-state index is -0.650. The Bertz CT molecular complexity index is 1290. The highest BCUT2D eigenvalue weighted by Gasteiger charge is 2.34. The number of fused-ring (bicyclic) bond motifs is 1. The number of hydrogen-bond acceptors (Lipinski definition) is 5. The summed E-state index contributed by atoms with van der Waals surface area (Å²) in [5.41, 5.74) is 8.67. The minimum absolute atomic E-state index is 0.00349. The molecule has 6 nitrogen and oxygen atoms in total. The van der Waals surface area contributed by atoms with E-state index < -0.39 is 5.92 Å². The van der Waals surface area contributed by atoms with Crippen LogP contribution < -0.4 is 20.8 Å². The number of halogens is 1. The van der Waals surface area contributed by atoms with Crippen molar-refractivity contribution in [2.45, 2.75) is 19.4 Å². The number of nitrogens with zero attached hydrogens (tertiary/aromatic N) is 2. The van der Waals surface area contributed by atoms with Crippen LogP contribution in [0.1, 0.15) is 28.3 Å². The molecule has 4 rings (SSSR count). The van der Waals surface area contributed by atoms with Gasteiger partial charge in [0.15, 0.2) is 0 Å². The Morgan fingerprint density at radius 3 is 2.61 bits per heavy atom. The van der Waals surface area contributed by atoms with Crippen molar-refractivity contribution in [3.8, 4) is 17.6 Å². The van der Waals surface area contributed by atoms with E-state index >= 15 is 0 Å². The summed E-state index contributed by atoms with van der Waals surface area (Å²) >= 11 is 6.04. The second kappa shape index (κ2) is 8.21. The molecule has 0 unspecified atom stereocenters. The van der Waals surface area contributed by atoms with Gasteiger partial charge in [0.25, 0.3) is 5.56 Å². The highest BCUT2D eigenvalue weighted by atomic mass is 35.5. The zero-order chi connectivity index (χ0) is 22.1. The summed E-state index contributed by atoms with van der Waals surface area (Å²) in [6.07, 6.45) is 0. The summed E-state index contributed by atoms with van der Waals surface area (Å²) in [6, 6.07) is 18.4. The maximum absolute atomic E-state index is 13.7. The monoisotopic (exact) mass is 433 g/mol. The molecule has 0 fully saturated rings. The normalized spacial score (nSPS) is 15.1.